The summed E-state index contributed by atoms with van der Waals surface area (Å²) in [5.41, 5.74) is 1.08. The van der Waals surface area contributed by atoms with Gasteiger partial charge < -0.3 is 4.74 Å². The molecule has 2 rings (SSSR count). The van der Waals surface area contributed by atoms with E-state index in [0.29, 0.717) is 23.5 Å². The third kappa shape index (κ3) is 5.37. The monoisotopic (exact) mass is 310 g/mol. The van der Waals surface area contributed by atoms with Crippen LogP contribution in [0.5, 0.6) is 5.75 Å². The Kier molecular flexibility index (Phi) is 6.55. The number of carbonyl (C=O) groups excluding carboxylic acids is 2. The van der Waals surface area contributed by atoms with Crippen LogP contribution >= 0.6 is 0 Å². The van der Waals surface area contributed by atoms with Gasteiger partial charge in [0.05, 0.1) is 13.0 Å². The molecule has 3 heteroatoms. The third-order valence-electron chi connectivity index (χ3n) is 3.59. The minimum absolute atomic E-state index is 0.122. The Hall–Kier alpha value is -2.42. The second-order valence-corrected chi connectivity index (χ2v) is 5.47. The number of ether oxygens (including phenoxy) is 1. The van der Waals surface area contributed by atoms with Crippen molar-refractivity contribution in [1.82, 2.24) is 0 Å². The van der Waals surface area contributed by atoms with Gasteiger partial charge in [-0.1, -0.05) is 62.2 Å². The lowest BCUT2D eigenvalue weighted by Crippen LogP contribution is -2.09. The van der Waals surface area contributed by atoms with Crippen LogP contribution in [0.4, 0.5) is 0 Å². The number of hydrogen-bond acceptors (Lipinski definition) is 3. The summed E-state index contributed by atoms with van der Waals surface area (Å²) >= 11 is 0. The maximum atomic E-state index is 12.3. The summed E-state index contributed by atoms with van der Waals surface area (Å²) < 4.78 is 5.65. The summed E-state index contributed by atoms with van der Waals surface area (Å²) in [6.45, 7) is 2.79. The summed E-state index contributed by atoms with van der Waals surface area (Å²) in [5.74, 6) is 0.335. The standard InChI is InChI=1S/C20H22O3/c1-2-3-7-13-23-18-12-8-11-17(14-18)20(22)15-19(21)16-9-5-4-6-10-16/h4-6,8-12,14H,2-3,7,13,15H2,1H3. The van der Waals surface area contributed by atoms with Crippen molar-refractivity contribution in [3.8, 4) is 5.75 Å². The molecule has 3 nitrogen and oxygen atoms in total. The van der Waals surface area contributed by atoms with Crippen LogP contribution in [0.15, 0.2) is 54.6 Å². The first-order chi connectivity index (χ1) is 11.2. The van der Waals surface area contributed by atoms with Gasteiger partial charge >= 0.3 is 0 Å². The van der Waals surface area contributed by atoms with Gasteiger partial charge in [0.1, 0.15) is 5.75 Å². The van der Waals surface area contributed by atoms with E-state index in [-0.39, 0.29) is 18.0 Å². The largest absolute Gasteiger partial charge is 0.494 e. The van der Waals surface area contributed by atoms with Crippen molar-refractivity contribution in [3.63, 3.8) is 0 Å². The highest BCUT2D eigenvalue weighted by Gasteiger charge is 2.14. The molecule has 0 aromatic heterocycles. The zero-order chi connectivity index (χ0) is 16.5. The van der Waals surface area contributed by atoms with Crippen molar-refractivity contribution in [2.24, 2.45) is 0 Å². The maximum absolute atomic E-state index is 12.3. The smallest absolute Gasteiger partial charge is 0.170 e. The van der Waals surface area contributed by atoms with Crippen molar-refractivity contribution in [2.45, 2.75) is 32.6 Å². The number of unbranched alkanes of at least 4 members (excludes halogenated alkanes) is 2. The summed E-state index contributed by atoms with van der Waals surface area (Å²) in [7, 11) is 0. The average molecular weight is 310 g/mol. The van der Waals surface area contributed by atoms with Gasteiger partial charge in [-0.15, -0.1) is 0 Å². The Morgan fingerprint density at radius 2 is 1.57 bits per heavy atom. The molecule has 0 aliphatic carbocycles. The van der Waals surface area contributed by atoms with E-state index in [9.17, 15) is 9.59 Å². The molecule has 2 aromatic rings. The van der Waals surface area contributed by atoms with Gasteiger partial charge in [-0.25, -0.2) is 0 Å². The van der Waals surface area contributed by atoms with Crippen LogP contribution < -0.4 is 4.74 Å². The predicted molar refractivity (Wildman–Crippen MR) is 91.2 cm³/mol. The number of benzene rings is 2. The summed E-state index contributed by atoms with van der Waals surface area (Å²) in [6.07, 6.45) is 3.15. The Balaban J connectivity index is 1.95. The zero-order valence-corrected chi connectivity index (χ0v) is 13.5. The Labute approximate surface area is 137 Å². The topological polar surface area (TPSA) is 43.4 Å². The van der Waals surface area contributed by atoms with E-state index in [1.165, 1.54) is 0 Å². The molecule has 0 amide bonds. The lowest BCUT2D eigenvalue weighted by Gasteiger charge is -2.07. The molecular formula is C20H22O3. The first kappa shape index (κ1) is 16.9. The van der Waals surface area contributed by atoms with Gasteiger partial charge in [-0.3, -0.25) is 9.59 Å². The van der Waals surface area contributed by atoms with Crippen LogP contribution in [0, 0.1) is 0 Å². The quantitative estimate of drug-likeness (QED) is 0.383. The molecule has 0 spiro atoms. The first-order valence-corrected chi connectivity index (χ1v) is 8.05. The zero-order valence-electron chi connectivity index (χ0n) is 13.5. The second-order valence-electron chi connectivity index (χ2n) is 5.47. The average Bonchev–Trinajstić information content (AvgIpc) is 2.60. The van der Waals surface area contributed by atoms with Crippen LogP contribution in [0.25, 0.3) is 0 Å². The molecule has 0 atom stereocenters. The molecule has 2 aromatic carbocycles. The molecule has 0 fully saturated rings. The number of ketones is 2. The van der Waals surface area contributed by atoms with Gasteiger partial charge in [0.15, 0.2) is 11.6 Å². The molecule has 120 valence electrons. The molecule has 0 aliphatic rings. The predicted octanol–water partition coefficient (Wildman–Crippen LogP) is 4.71. The van der Waals surface area contributed by atoms with Gasteiger partial charge in [0.25, 0.3) is 0 Å². The molecule has 0 unspecified atom stereocenters. The SMILES string of the molecule is CCCCCOc1cccc(C(=O)CC(=O)c2ccccc2)c1. The van der Waals surface area contributed by atoms with Gasteiger partial charge in [0.2, 0.25) is 0 Å². The summed E-state index contributed by atoms with van der Waals surface area (Å²) in [5, 5.41) is 0. The molecule has 0 aliphatic heterocycles. The molecular weight excluding hydrogens is 288 g/mol. The molecule has 23 heavy (non-hydrogen) atoms. The maximum Gasteiger partial charge on any atom is 0.170 e. The highest BCUT2D eigenvalue weighted by atomic mass is 16.5. The van der Waals surface area contributed by atoms with Crippen LogP contribution in [0.3, 0.4) is 0 Å². The van der Waals surface area contributed by atoms with E-state index in [1.54, 1.807) is 42.5 Å². The molecule has 0 radical (unpaired) electrons. The van der Waals surface area contributed by atoms with Crippen molar-refractivity contribution >= 4 is 11.6 Å². The van der Waals surface area contributed by atoms with E-state index >= 15 is 0 Å². The Bertz CT molecular complexity index is 647. The molecule has 0 bridgehead atoms. The molecule has 0 saturated heterocycles. The Morgan fingerprint density at radius 1 is 0.870 bits per heavy atom. The van der Waals surface area contributed by atoms with Crippen molar-refractivity contribution in [3.05, 3.63) is 65.7 Å². The fourth-order valence-electron chi connectivity index (χ4n) is 2.28. The van der Waals surface area contributed by atoms with E-state index in [2.05, 4.69) is 6.92 Å². The van der Waals surface area contributed by atoms with Crippen molar-refractivity contribution in [2.75, 3.05) is 6.61 Å². The molecule has 0 N–H and O–H groups in total. The van der Waals surface area contributed by atoms with E-state index < -0.39 is 0 Å². The van der Waals surface area contributed by atoms with Gasteiger partial charge in [-0.05, 0) is 18.6 Å². The van der Waals surface area contributed by atoms with Gasteiger partial charge in [0, 0.05) is 11.1 Å². The first-order valence-electron chi connectivity index (χ1n) is 8.05. The van der Waals surface area contributed by atoms with Crippen molar-refractivity contribution in [1.29, 1.82) is 0 Å². The van der Waals surface area contributed by atoms with E-state index in [1.807, 2.05) is 12.1 Å². The normalized spacial score (nSPS) is 10.3. The van der Waals surface area contributed by atoms with Crippen molar-refractivity contribution < 1.29 is 14.3 Å². The van der Waals surface area contributed by atoms with Crippen LogP contribution in [0.1, 0.15) is 53.3 Å². The molecule has 0 heterocycles. The van der Waals surface area contributed by atoms with Gasteiger partial charge in [-0.2, -0.15) is 0 Å². The molecule has 0 saturated carbocycles. The Morgan fingerprint density at radius 3 is 2.30 bits per heavy atom. The fourth-order valence-corrected chi connectivity index (χ4v) is 2.28. The van der Waals surface area contributed by atoms with E-state index in [4.69, 9.17) is 4.74 Å². The summed E-state index contributed by atoms with van der Waals surface area (Å²) in [6, 6.07) is 15.9. The van der Waals surface area contributed by atoms with Crippen LogP contribution in [0.2, 0.25) is 0 Å². The highest BCUT2D eigenvalue weighted by molar-refractivity contribution is 6.13. The minimum Gasteiger partial charge on any atom is -0.494 e. The van der Waals surface area contributed by atoms with Crippen LogP contribution in [-0.4, -0.2) is 18.2 Å². The fraction of sp³-hybridized carbons (Fsp3) is 0.300. The number of hydrogen-bond donors (Lipinski definition) is 0. The lowest BCUT2D eigenvalue weighted by atomic mass is 10.0. The summed E-state index contributed by atoms with van der Waals surface area (Å²) in [4.78, 5) is 24.4. The lowest BCUT2D eigenvalue weighted by molar-refractivity contribution is 0.0894. The second kappa shape index (κ2) is 8.89. The number of carbonyl (C=O) groups is 2. The van der Waals surface area contributed by atoms with Crippen LogP contribution in [-0.2, 0) is 0 Å². The number of Topliss-reactive ketones (excluding diaryl/α,β-unsaturated/α-hetero) is 2. The highest BCUT2D eigenvalue weighted by Crippen LogP contribution is 2.16. The minimum atomic E-state index is -0.183. The number of rotatable bonds is 9. The van der Waals surface area contributed by atoms with E-state index in [0.717, 1.165) is 19.3 Å². The third-order valence-corrected chi connectivity index (χ3v) is 3.59.